The van der Waals surface area contributed by atoms with Gasteiger partial charge >= 0.3 is 0 Å². The molecule has 0 aromatic carbocycles. The molecule has 0 saturated carbocycles. The molecular formula is C21H25N7O2. The number of hydrogen-bond donors (Lipinski definition) is 3. The minimum Gasteiger partial charge on any atom is -0.382 e. The van der Waals surface area contributed by atoms with Gasteiger partial charge in [-0.2, -0.15) is 0 Å². The minimum atomic E-state index is -0.321. The molecule has 3 aromatic heterocycles. The predicted molar refractivity (Wildman–Crippen MR) is 115 cm³/mol. The molecule has 0 spiro atoms. The Kier molecular flexibility index (Phi) is 6.41. The molecule has 0 bridgehead atoms. The first kappa shape index (κ1) is 21.0. The summed E-state index contributed by atoms with van der Waals surface area (Å²) < 4.78 is 1.48. The SMILES string of the molecule is CC(=O)NCc1cc(-n2c(C)cnc(NCCc3ccccn3)c2=O)c(N)nc1C. The topological polar surface area (TPSA) is 128 Å². The third-order valence-corrected chi connectivity index (χ3v) is 4.63. The van der Waals surface area contributed by atoms with Gasteiger partial charge in [0.25, 0.3) is 5.56 Å². The van der Waals surface area contributed by atoms with E-state index in [2.05, 4.69) is 25.6 Å². The molecule has 3 rings (SSSR count). The largest absolute Gasteiger partial charge is 0.382 e. The van der Waals surface area contributed by atoms with Gasteiger partial charge in [-0.3, -0.25) is 19.1 Å². The Morgan fingerprint density at radius 2 is 2.03 bits per heavy atom. The molecule has 0 aliphatic rings. The number of aryl methyl sites for hydroxylation is 2. The van der Waals surface area contributed by atoms with E-state index in [0.717, 1.165) is 11.3 Å². The van der Waals surface area contributed by atoms with E-state index in [1.807, 2.05) is 25.1 Å². The lowest BCUT2D eigenvalue weighted by Crippen LogP contribution is -2.27. The second-order valence-electron chi connectivity index (χ2n) is 6.93. The molecular weight excluding hydrogens is 382 g/mol. The fourth-order valence-electron chi connectivity index (χ4n) is 3.04. The number of nitrogens with one attached hydrogen (secondary N) is 2. The van der Waals surface area contributed by atoms with Crippen molar-refractivity contribution in [2.24, 2.45) is 0 Å². The number of nitrogens with zero attached hydrogens (tertiary/aromatic N) is 4. The molecule has 0 atom stereocenters. The first-order valence-corrected chi connectivity index (χ1v) is 9.60. The van der Waals surface area contributed by atoms with Crippen LogP contribution in [0, 0.1) is 13.8 Å². The van der Waals surface area contributed by atoms with Crippen molar-refractivity contribution in [2.75, 3.05) is 17.6 Å². The number of carbonyl (C=O) groups is 1. The minimum absolute atomic E-state index is 0.149. The highest BCUT2D eigenvalue weighted by Crippen LogP contribution is 2.20. The van der Waals surface area contributed by atoms with Gasteiger partial charge in [0.2, 0.25) is 5.91 Å². The van der Waals surface area contributed by atoms with E-state index in [0.29, 0.717) is 36.6 Å². The summed E-state index contributed by atoms with van der Waals surface area (Å²) in [5.41, 5.74) is 9.29. The van der Waals surface area contributed by atoms with Gasteiger partial charge in [0.15, 0.2) is 5.82 Å². The molecule has 0 saturated heterocycles. The molecule has 30 heavy (non-hydrogen) atoms. The molecule has 9 heteroatoms. The summed E-state index contributed by atoms with van der Waals surface area (Å²) in [6, 6.07) is 7.49. The van der Waals surface area contributed by atoms with Crippen LogP contribution >= 0.6 is 0 Å². The molecule has 0 radical (unpaired) electrons. The molecule has 9 nitrogen and oxygen atoms in total. The maximum absolute atomic E-state index is 13.1. The Hall–Kier alpha value is -3.75. The Labute approximate surface area is 174 Å². The van der Waals surface area contributed by atoms with Crippen molar-refractivity contribution in [2.45, 2.75) is 33.7 Å². The van der Waals surface area contributed by atoms with E-state index >= 15 is 0 Å². The van der Waals surface area contributed by atoms with Crippen molar-refractivity contribution in [1.82, 2.24) is 24.8 Å². The fraction of sp³-hybridized carbons (Fsp3) is 0.286. The van der Waals surface area contributed by atoms with Gasteiger partial charge in [-0.05, 0) is 37.6 Å². The van der Waals surface area contributed by atoms with Crippen LogP contribution in [0.5, 0.6) is 0 Å². The highest BCUT2D eigenvalue weighted by atomic mass is 16.1. The Balaban J connectivity index is 1.90. The van der Waals surface area contributed by atoms with E-state index in [-0.39, 0.29) is 23.1 Å². The van der Waals surface area contributed by atoms with Crippen LogP contribution in [0.15, 0.2) is 41.5 Å². The standard InChI is InChI=1S/C21H25N7O2/c1-13-11-26-20(24-9-7-17-6-4-5-8-23-17)21(30)28(13)18-10-16(12-25-15(3)29)14(2)27-19(18)22/h4-6,8,10-11H,7,9,12H2,1-3H3,(H2,22,27)(H,24,26)(H,25,29). The summed E-state index contributed by atoms with van der Waals surface area (Å²) in [4.78, 5) is 37.3. The molecule has 4 N–H and O–H groups in total. The summed E-state index contributed by atoms with van der Waals surface area (Å²) in [6.45, 7) is 5.84. The summed E-state index contributed by atoms with van der Waals surface area (Å²) in [5, 5.41) is 5.83. The summed E-state index contributed by atoms with van der Waals surface area (Å²) >= 11 is 0. The maximum atomic E-state index is 13.1. The van der Waals surface area contributed by atoms with Gasteiger partial charge in [-0.15, -0.1) is 0 Å². The van der Waals surface area contributed by atoms with Gasteiger partial charge in [0.05, 0.1) is 5.69 Å². The van der Waals surface area contributed by atoms with E-state index in [9.17, 15) is 9.59 Å². The predicted octanol–water partition coefficient (Wildman–Crippen LogP) is 1.51. The third-order valence-electron chi connectivity index (χ3n) is 4.63. The number of pyridine rings is 2. The van der Waals surface area contributed by atoms with Crippen LogP contribution in [0.25, 0.3) is 5.69 Å². The number of aromatic nitrogens is 4. The average Bonchev–Trinajstić information content (AvgIpc) is 2.71. The fourth-order valence-corrected chi connectivity index (χ4v) is 3.04. The van der Waals surface area contributed by atoms with Gasteiger partial charge in [-0.25, -0.2) is 9.97 Å². The molecule has 3 aromatic rings. The average molecular weight is 407 g/mol. The van der Waals surface area contributed by atoms with E-state index in [1.54, 1.807) is 25.4 Å². The zero-order valence-electron chi connectivity index (χ0n) is 17.3. The number of anilines is 2. The van der Waals surface area contributed by atoms with Crippen molar-refractivity contribution in [3.05, 3.63) is 69.7 Å². The van der Waals surface area contributed by atoms with Gasteiger partial charge < -0.3 is 16.4 Å². The van der Waals surface area contributed by atoms with Gasteiger partial charge in [0.1, 0.15) is 5.82 Å². The number of nitrogens with two attached hydrogens (primary N) is 1. The van der Waals surface area contributed by atoms with Crippen LogP contribution < -0.4 is 21.9 Å². The van der Waals surface area contributed by atoms with Crippen molar-refractivity contribution >= 4 is 17.5 Å². The highest BCUT2D eigenvalue weighted by molar-refractivity contribution is 5.73. The third kappa shape index (κ3) is 4.80. The van der Waals surface area contributed by atoms with Gasteiger partial charge in [-0.1, -0.05) is 6.07 Å². The van der Waals surface area contributed by atoms with Crippen LogP contribution in [-0.4, -0.2) is 32.0 Å². The summed E-state index contributed by atoms with van der Waals surface area (Å²) in [7, 11) is 0. The van der Waals surface area contributed by atoms with Crippen LogP contribution in [0.1, 0.15) is 29.6 Å². The number of carbonyl (C=O) groups excluding carboxylic acids is 1. The van der Waals surface area contributed by atoms with Crippen LogP contribution in [0.4, 0.5) is 11.6 Å². The Morgan fingerprint density at radius 1 is 1.23 bits per heavy atom. The van der Waals surface area contributed by atoms with E-state index in [4.69, 9.17) is 5.73 Å². The summed E-state index contributed by atoms with van der Waals surface area (Å²) in [6.07, 6.45) is 4.00. The second kappa shape index (κ2) is 9.17. The summed E-state index contributed by atoms with van der Waals surface area (Å²) in [5.74, 6) is 0.305. The Bertz CT molecular complexity index is 1110. The highest BCUT2D eigenvalue weighted by Gasteiger charge is 2.15. The zero-order chi connectivity index (χ0) is 21.7. The van der Waals surface area contributed by atoms with Crippen molar-refractivity contribution in [3.8, 4) is 5.69 Å². The molecule has 0 aliphatic carbocycles. The molecule has 0 fully saturated rings. The van der Waals surface area contributed by atoms with Crippen LogP contribution in [0.3, 0.4) is 0 Å². The number of hydrogen-bond acceptors (Lipinski definition) is 7. The first-order valence-electron chi connectivity index (χ1n) is 9.60. The molecule has 0 aliphatic heterocycles. The number of amides is 1. The monoisotopic (exact) mass is 407 g/mol. The number of nitrogen functional groups attached to an aromatic ring is 1. The first-order chi connectivity index (χ1) is 14.4. The van der Waals surface area contributed by atoms with Crippen LogP contribution in [-0.2, 0) is 17.8 Å². The van der Waals surface area contributed by atoms with Gasteiger partial charge in [0, 0.05) is 55.9 Å². The maximum Gasteiger partial charge on any atom is 0.298 e. The van der Waals surface area contributed by atoms with E-state index < -0.39 is 0 Å². The molecule has 1 amide bonds. The second-order valence-corrected chi connectivity index (χ2v) is 6.93. The molecule has 3 heterocycles. The van der Waals surface area contributed by atoms with E-state index in [1.165, 1.54) is 11.5 Å². The molecule has 0 unspecified atom stereocenters. The van der Waals surface area contributed by atoms with Crippen molar-refractivity contribution in [1.29, 1.82) is 0 Å². The lowest BCUT2D eigenvalue weighted by molar-refractivity contribution is -0.119. The van der Waals surface area contributed by atoms with Crippen molar-refractivity contribution < 1.29 is 4.79 Å². The number of rotatable bonds is 7. The lowest BCUT2D eigenvalue weighted by atomic mass is 10.1. The lowest BCUT2D eigenvalue weighted by Gasteiger charge is -2.16. The van der Waals surface area contributed by atoms with Crippen LogP contribution in [0.2, 0.25) is 0 Å². The quantitative estimate of drug-likeness (QED) is 0.542. The Morgan fingerprint density at radius 3 is 2.73 bits per heavy atom. The smallest absolute Gasteiger partial charge is 0.298 e. The van der Waals surface area contributed by atoms with Crippen molar-refractivity contribution in [3.63, 3.8) is 0 Å². The zero-order valence-corrected chi connectivity index (χ0v) is 17.3. The normalized spacial score (nSPS) is 10.6. The molecule has 156 valence electrons.